The van der Waals surface area contributed by atoms with Crippen molar-refractivity contribution in [1.29, 1.82) is 0 Å². The molecule has 0 aliphatic heterocycles. The van der Waals surface area contributed by atoms with Crippen LogP contribution in [-0.4, -0.2) is 18.4 Å². The molecule has 0 atom stereocenters. The summed E-state index contributed by atoms with van der Waals surface area (Å²) >= 11 is 0. The van der Waals surface area contributed by atoms with E-state index in [1.165, 1.54) is 0 Å². The number of amides is 2. The van der Waals surface area contributed by atoms with Crippen LogP contribution in [0.2, 0.25) is 0 Å². The third-order valence-corrected chi connectivity index (χ3v) is 3.68. The molecule has 5 nitrogen and oxygen atoms in total. The van der Waals surface area contributed by atoms with Crippen LogP contribution in [-0.2, 0) is 9.59 Å². The fraction of sp³-hybridized carbons (Fsp3) is 0.100. The van der Waals surface area contributed by atoms with Gasteiger partial charge in [-0.25, -0.2) is 0 Å². The predicted molar refractivity (Wildman–Crippen MR) is 98.8 cm³/mol. The number of para-hydroxylation sites is 2. The molecule has 0 radical (unpaired) electrons. The second kappa shape index (κ2) is 7.49. The summed E-state index contributed by atoms with van der Waals surface area (Å²) in [5.41, 5.74) is 1.05. The molecule has 0 saturated heterocycles. The summed E-state index contributed by atoms with van der Waals surface area (Å²) in [6, 6.07) is 20.2. The minimum atomic E-state index is -0.750. The van der Waals surface area contributed by atoms with Gasteiger partial charge in [-0.3, -0.25) is 9.59 Å². The first-order valence-corrected chi connectivity index (χ1v) is 8.01. The predicted octanol–water partition coefficient (Wildman–Crippen LogP) is 3.82. The number of fused-ring (bicyclic) bond motifs is 1. The first-order valence-electron chi connectivity index (χ1n) is 8.01. The lowest BCUT2D eigenvalue weighted by molar-refractivity contribution is -0.132. The zero-order chi connectivity index (χ0) is 17.6. The molecule has 0 aliphatic carbocycles. The molecule has 0 bridgehead atoms. The van der Waals surface area contributed by atoms with E-state index >= 15 is 0 Å². The zero-order valence-corrected chi connectivity index (χ0v) is 13.8. The van der Waals surface area contributed by atoms with E-state index in [9.17, 15) is 9.59 Å². The average molecular weight is 334 g/mol. The van der Waals surface area contributed by atoms with Crippen molar-refractivity contribution in [2.24, 2.45) is 0 Å². The lowest BCUT2D eigenvalue weighted by Gasteiger charge is -2.12. The molecule has 3 aromatic carbocycles. The Morgan fingerprint density at radius 1 is 0.800 bits per heavy atom. The van der Waals surface area contributed by atoms with Crippen LogP contribution in [0.1, 0.15) is 6.92 Å². The third kappa shape index (κ3) is 3.77. The Labute approximate surface area is 145 Å². The van der Waals surface area contributed by atoms with Gasteiger partial charge in [-0.15, -0.1) is 0 Å². The normalized spacial score (nSPS) is 10.3. The number of rotatable bonds is 4. The lowest BCUT2D eigenvalue weighted by Crippen LogP contribution is -2.29. The maximum absolute atomic E-state index is 12.3. The van der Waals surface area contributed by atoms with E-state index in [1.807, 2.05) is 43.3 Å². The molecule has 0 spiro atoms. The minimum absolute atomic E-state index is 0.461. The number of nitrogens with one attached hydrogen (secondary N) is 2. The van der Waals surface area contributed by atoms with Crippen LogP contribution in [0.25, 0.3) is 10.8 Å². The summed E-state index contributed by atoms with van der Waals surface area (Å²) in [7, 11) is 0. The summed E-state index contributed by atoms with van der Waals surface area (Å²) in [6.45, 7) is 2.32. The second-order valence-electron chi connectivity index (χ2n) is 5.36. The van der Waals surface area contributed by atoms with E-state index in [-0.39, 0.29) is 0 Å². The molecule has 2 amide bonds. The summed E-state index contributed by atoms with van der Waals surface area (Å²) in [5, 5.41) is 7.12. The van der Waals surface area contributed by atoms with Gasteiger partial charge in [0, 0.05) is 11.1 Å². The van der Waals surface area contributed by atoms with Gasteiger partial charge in [-0.05, 0) is 30.5 Å². The molecular formula is C20H18N2O3. The van der Waals surface area contributed by atoms with Gasteiger partial charge >= 0.3 is 11.8 Å². The number of ether oxygens (including phenoxy) is 1. The smallest absolute Gasteiger partial charge is 0.314 e. The molecule has 0 aliphatic rings. The molecule has 0 heterocycles. The van der Waals surface area contributed by atoms with Gasteiger partial charge in [0.1, 0.15) is 5.75 Å². The van der Waals surface area contributed by atoms with Crippen LogP contribution in [0.4, 0.5) is 11.4 Å². The summed E-state index contributed by atoms with van der Waals surface area (Å²) < 4.78 is 5.45. The molecule has 2 N–H and O–H groups in total. The highest BCUT2D eigenvalue weighted by Gasteiger charge is 2.16. The van der Waals surface area contributed by atoms with Crippen molar-refractivity contribution in [3.8, 4) is 5.75 Å². The highest BCUT2D eigenvalue weighted by atomic mass is 16.5. The zero-order valence-electron chi connectivity index (χ0n) is 13.8. The minimum Gasteiger partial charge on any atom is -0.492 e. The van der Waals surface area contributed by atoms with Crippen molar-refractivity contribution in [1.82, 2.24) is 0 Å². The molecule has 0 aromatic heterocycles. The Hall–Kier alpha value is -3.34. The van der Waals surface area contributed by atoms with Crippen LogP contribution >= 0.6 is 0 Å². The maximum Gasteiger partial charge on any atom is 0.314 e. The third-order valence-electron chi connectivity index (χ3n) is 3.68. The summed E-state index contributed by atoms with van der Waals surface area (Å²) in [6.07, 6.45) is 0. The number of hydrogen-bond acceptors (Lipinski definition) is 3. The van der Waals surface area contributed by atoms with Gasteiger partial charge in [0.2, 0.25) is 0 Å². The number of carbonyl (C=O) groups is 2. The largest absolute Gasteiger partial charge is 0.492 e. The van der Waals surface area contributed by atoms with Crippen molar-refractivity contribution in [3.05, 3.63) is 66.7 Å². The van der Waals surface area contributed by atoms with Gasteiger partial charge < -0.3 is 15.4 Å². The second-order valence-corrected chi connectivity index (χ2v) is 5.36. The molecule has 3 rings (SSSR count). The van der Waals surface area contributed by atoms with Crippen LogP contribution in [0.15, 0.2) is 66.7 Å². The lowest BCUT2D eigenvalue weighted by atomic mass is 10.1. The molecule has 126 valence electrons. The van der Waals surface area contributed by atoms with E-state index in [4.69, 9.17) is 4.74 Å². The van der Waals surface area contributed by atoms with E-state index in [2.05, 4.69) is 10.6 Å². The van der Waals surface area contributed by atoms with Crippen LogP contribution < -0.4 is 15.4 Å². The van der Waals surface area contributed by atoms with Crippen molar-refractivity contribution >= 4 is 34.0 Å². The Balaban J connectivity index is 1.76. The SMILES string of the molecule is CCOc1ccccc1NC(=O)C(=O)Nc1cccc2ccccc12. The molecule has 0 saturated carbocycles. The van der Waals surface area contributed by atoms with E-state index in [1.54, 1.807) is 30.3 Å². The Morgan fingerprint density at radius 2 is 1.40 bits per heavy atom. The first-order chi connectivity index (χ1) is 12.2. The summed E-state index contributed by atoms with van der Waals surface area (Å²) in [5.74, 6) is -0.959. The number of hydrogen-bond donors (Lipinski definition) is 2. The molecule has 3 aromatic rings. The van der Waals surface area contributed by atoms with Crippen molar-refractivity contribution < 1.29 is 14.3 Å². The van der Waals surface area contributed by atoms with Crippen molar-refractivity contribution in [3.63, 3.8) is 0 Å². The molecule has 25 heavy (non-hydrogen) atoms. The van der Waals surface area contributed by atoms with Crippen LogP contribution in [0.3, 0.4) is 0 Å². The standard InChI is InChI=1S/C20H18N2O3/c1-2-25-18-13-6-5-11-17(18)22-20(24)19(23)21-16-12-7-9-14-8-3-4-10-15(14)16/h3-13H,2H2,1H3,(H,21,23)(H,22,24). The van der Waals surface area contributed by atoms with Gasteiger partial charge in [-0.1, -0.05) is 48.5 Å². The average Bonchev–Trinajstić information content (AvgIpc) is 2.64. The van der Waals surface area contributed by atoms with Crippen LogP contribution in [0, 0.1) is 0 Å². The van der Waals surface area contributed by atoms with E-state index in [0.29, 0.717) is 23.7 Å². The van der Waals surface area contributed by atoms with Crippen LogP contribution in [0.5, 0.6) is 5.75 Å². The monoisotopic (exact) mass is 334 g/mol. The topological polar surface area (TPSA) is 67.4 Å². The van der Waals surface area contributed by atoms with Crippen molar-refractivity contribution in [2.75, 3.05) is 17.2 Å². The fourth-order valence-electron chi connectivity index (χ4n) is 2.54. The van der Waals surface area contributed by atoms with Gasteiger partial charge in [0.15, 0.2) is 0 Å². The van der Waals surface area contributed by atoms with Gasteiger partial charge in [-0.2, -0.15) is 0 Å². The van der Waals surface area contributed by atoms with E-state index < -0.39 is 11.8 Å². The van der Waals surface area contributed by atoms with Gasteiger partial charge in [0.25, 0.3) is 0 Å². The Bertz CT molecular complexity index is 916. The quantitative estimate of drug-likeness (QED) is 0.713. The summed E-state index contributed by atoms with van der Waals surface area (Å²) in [4.78, 5) is 24.5. The maximum atomic E-state index is 12.3. The number of anilines is 2. The Morgan fingerprint density at radius 3 is 2.20 bits per heavy atom. The highest BCUT2D eigenvalue weighted by molar-refractivity contribution is 6.44. The number of benzene rings is 3. The molecule has 0 unspecified atom stereocenters. The van der Waals surface area contributed by atoms with Gasteiger partial charge in [0.05, 0.1) is 12.3 Å². The molecule has 5 heteroatoms. The molecular weight excluding hydrogens is 316 g/mol. The highest BCUT2D eigenvalue weighted by Crippen LogP contribution is 2.25. The fourth-order valence-corrected chi connectivity index (χ4v) is 2.54. The van der Waals surface area contributed by atoms with E-state index in [0.717, 1.165) is 10.8 Å². The molecule has 0 fully saturated rings. The first kappa shape index (κ1) is 16.5. The number of carbonyl (C=O) groups excluding carboxylic acids is 2. The van der Waals surface area contributed by atoms with Crippen molar-refractivity contribution in [2.45, 2.75) is 6.92 Å². The Kier molecular flexibility index (Phi) is 4.95.